The number of hydrogen-bond acceptors (Lipinski definition) is 4. The molecule has 2 amide bonds. The van der Waals surface area contributed by atoms with Crippen LogP contribution in [0, 0.1) is 5.92 Å². The Hall–Kier alpha value is -1.30. The van der Waals surface area contributed by atoms with Crippen molar-refractivity contribution in [1.29, 1.82) is 0 Å². The number of carbonyl (C=O) groups excluding carboxylic acids is 2. The van der Waals surface area contributed by atoms with E-state index in [1.165, 1.54) is 0 Å². The van der Waals surface area contributed by atoms with Crippen molar-refractivity contribution < 1.29 is 19.4 Å². The second kappa shape index (κ2) is 6.22. The molecular weight excluding hydrogens is 272 g/mol. The number of ether oxygens (including phenoxy) is 1. The summed E-state index contributed by atoms with van der Waals surface area (Å²) >= 11 is 0. The Bertz CT molecular complexity index is 397. The molecule has 0 saturated carbocycles. The van der Waals surface area contributed by atoms with Crippen molar-refractivity contribution in [3.63, 3.8) is 0 Å². The molecule has 6 nitrogen and oxygen atoms in total. The third-order valence-electron chi connectivity index (χ3n) is 3.97. The van der Waals surface area contributed by atoms with Crippen LogP contribution >= 0.6 is 0 Å². The van der Waals surface area contributed by atoms with E-state index in [2.05, 4.69) is 0 Å². The fraction of sp³-hybridized carbons (Fsp3) is 0.867. The molecule has 2 aliphatic rings. The monoisotopic (exact) mass is 298 g/mol. The maximum absolute atomic E-state index is 12.3. The van der Waals surface area contributed by atoms with Crippen LogP contribution in [-0.4, -0.2) is 64.8 Å². The number of aliphatic hydroxyl groups excluding tert-OH is 1. The highest BCUT2D eigenvalue weighted by molar-refractivity contribution is 5.79. The van der Waals surface area contributed by atoms with E-state index in [-0.39, 0.29) is 24.0 Å². The summed E-state index contributed by atoms with van der Waals surface area (Å²) in [7, 11) is 0. The molecule has 1 N–H and O–H groups in total. The van der Waals surface area contributed by atoms with Crippen LogP contribution in [0.5, 0.6) is 0 Å². The van der Waals surface area contributed by atoms with Gasteiger partial charge in [0.1, 0.15) is 5.60 Å². The third-order valence-corrected chi connectivity index (χ3v) is 3.97. The molecule has 0 aromatic carbocycles. The van der Waals surface area contributed by atoms with Crippen molar-refractivity contribution in [1.82, 2.24) is 9.80 Å². The molecule has 120 valence electrons. The van der Waals surface area contributed by atoms with Crippen molar-refractivity contribution in [3.8, 4) is 0 Å². The van der Waals surface area contributed by atoms with Gasteiger partial charge in [0.2, 0.25) is 5.91 Å². The first-order valence-corrected chi connectivity index (χ1v) is 7.71. The molecule has 0 aliphatic carbocycles. The van der Waals surface area contributed by atoms with Crippen LogP contribution in [0.2, 0.25) is 0 Å². The molecule has 0 unspecified atom stereocenters. The Kier molecular flexibility index (Phi) is 4.76. The van der Waals surface area contributed by atoms with Crippen molar-refractivity contribution in [3.05, 3.63) is 0 Å². The van der Waals surface area contributed by atoms with Gasteiger partial charge >= 0.3 is 6.09 Å². The smallest absolute Gasteiger partial charge is 0.410 e. The van der Waals surface area contributed by atoms with Crippen LogP contribution in [0.4, 0.5) is 4.79 Å². The van der Waals surface area contributed by atoms with Gasteiger partial charge in [0.15, 0.2) is 0 Å². The molecular formula is C15H26N2O4. The fourth-order valence-corrected chi connectivity index (χ4v) is 2.84. The number of β-amino-alcohol motifs (C(OH)–C–C–N with tert-alkyl or cyclic N) is 1. The lowest BCUT2D eigenvalue weighted by Gasteiger charge is -2.34. The summed E-state index contributed by atoms with van der Waals surface area (Å²) in [4.78, 5) is 27.7. The molecule has 2 fully saturated rings. The first kappa shape index (κ1) is 16.1. The van der Waals surface area contributed by atoms with Crippen LogP contribution in [0.3, 0.4) is 0 Å². The van der Waals surface area contributed by atoms with Gasteiger partial charge in [0, 0.05) is 32.1 Å². The lowest BCUT2D eigenvalue weighted by Crippen LogP contribution is -2.45. The predicted octanol–water partition coefficient (Wildman–Crippen LogP) is 1.23. The third kappa shape index (κ3) is 4.33. The Balaban J connectivity index is 1.80. The average molecular weight is 298 g/mol. The van der Waals surface area contributed by atoms with E-state index in [9.17, 15) is 14.7 Å². The first-order chi connectivity index (χ1) is 9.76. The highest BCUT2D eigenvalue weighted by atomic mass is 16.6. The number of rotatable bonds is 1. The number of nitrogens with zero attached hydrogens (tertiary/aromatic N) is 2. The standard InChI is InChI=1S/C15H26N2O4/c1-15(2,3)21-14(20)16-7-4-11(5-8-16)13(19)17-9-6-12(18)10-17/h11-12,18H,4-10H2,1-3H3/t12-/m1/s1. The van der Waals surface area contributed by atoms with Crippen LogP contribution in [0.1, 0.15) is 40.0 Å². The zero-order valence-electron chi connectivity index (χ0n) is 13.2. The summed E-state index contributed by atoms with van der Waals surface area (Å²) in [6.45, 7) is 7.75. The summed E-state index contributed by atoms with van der Waals surface area (Å²) < 4.78 is 5.35. The van der Waals surface area contributed by atoms with Crippen molar-refractivity contribution in [2.45, 2.75) is 51.7 Å². The second-order valence-electron chi connectivity index (χ2n) is 6.97. The number of aliphatic hydroxyl groups is 1. The fourth-order valence-electron chi connectivity index (χ4n) is 2.84. The molecule has 0 spiro atoms. The SMILES string of the molecule is CC(C)(C)OC(=O)N1CCC(C(=O)N2CC[C@@H](O)C2)CC1. The van der Waals surface area contributed by atoms with Gasteiger partial charge in [-0.15, -0.1) is 0 Å². The topological polar surface area (TPSA) is 70.1 Å². The van der Waals surface area contributed by atoms with Gasteiger partial charge in [-0.25, -0.2) is 4.79 Å². The summed E-state index contributed by atoms with van der Waals surface area (Å²) in [5.74, 6) is 0.0874. The summed E-state index contributed by atoms with van der Waals surface area (Å²) in [5.41, 5.74) is -0.491. The molecule has 2 aliphatic heterocycles. The van der Waals surface area contributed by atoms with E-state index in [1.807, 2.05) is 20.8 Å². The quantitative estimate of drug-likeness (QED) is 0.790. The molecule has 0 aromatic heterocycles. The average Bonchev–Trinajstić information content (AvgIpc) is 2.83. The van der Waals surface area contributed by atoms with Crippen molar-refractivity contribution >= 4 is 12.0 Å². The maximum atomic E-state index is 12.3. The van der Waals surface area contributed by atoms with E-state index in [4.69, 9.17) is 4.74 Å². The van der Waals surface area contributed by atoms with Gasteiger partial charge in [-0.05, 0) is 40.0 Å². The van der Waals surface area contributed by atoms with Crippen LogP contribution in [0.25, 0.3) is 0 Å². The lowest BCUT2D eigenvalue weighted by atomic mass is 9.95. The molecule has 2 rings (SSSR count). The second-order valence-corrected chi connectivity index (χ2v) is 6.97. The van der Waals surface area contributed by atoms with E-state index >= 15 is 0 Å². The normalized spacial score (nSPS) is 24.3. The molecule has 2 heterocycles. The number of amides is 2. The Labute approximate surface area is 126 Å². The number of piperidine rings is 1. The van der Waals surface area contributed by atoms with Crippen LogP contribution in [0.15, 0.2) is 0 Å². The Morgan fingerprint density at radius 2 is 1.62 bits per heavy atom. The van der Waals surface area contributed by atoms with Gasteiger partial charge in [0.05, 0.1) is 6.10 Å². The highest BCUT2D eigenvalue weighted by Crippen LogP contribution is 2.23. The molecule has 2 saturated heterocycles. The maximum Gasteiger partial charge on any atom is 0.410 e. The number of hydrogen-bond donors (Lipinski definition) is 1. The highest BCUT2D eigenvalue weighted by Gasteiger charge is 2.34. The van der Waals surface area contributed by atoms with E-state index < -0.39 is 5.60 Å². The Morgan fingerprint density at radius 3 is 2.10 bits per heavy atom. The van der Waals surface area contributed by atoms with E-state index in [0.717, 1.165) is 0 Å². The van der Waals surface area contributed by atoms with Gasteiger partial charge < -0.3 is 19.6 Å². The molecule has 0 radical (unpaired) electrons. The predicted molar refractivity (Wildman–Crippen MR) is 77.7 cm³/mol. The zero-order chi connectivity index (χ0) is 15.6. The summed E-state index contributed by atoms with van der Waals surface area (Å²) in [6.07, 6.45) is 1.33. The minimum absolute atomic E-state index is 0.0333. The Morgan fingerprint density at radius 1 is 1.05 bits per heavy atom. The number of likely N-dealkylation sites (tertiary alicyclic amines) is 2. The lowest BCUT2D eigenvalue weighted by molar-refractivity contribution is -0.136. The minimum atomic E-state index is -0.491. The zero-order valence-corrected chi connectivity index (χ0v) is 13.2. The molecule has 0 bridgehead atoms. The van der Waals surface area contributed by atoms with E-state index in [0.29, 0.717) is 45.4 Å². The number of carbonyl (C=O) groups is 2. The van der Waals surface area contributed by atoms with Gasteiger partial charge in [-0.3, -0.25) is 4.79 Å². The first-order valence-electron chi connectivity index (χ1n) is 7.71. The summed E-state index contributed by atoms with van der Waals surface area (Å²) in [5, 5.41) is 9.51. The van der Waals surface area contributed by atoms with Crippen molar-refractivity contribution in [2.24, 2.45) is 5.92 Å². The molecule has 0 aromatic rings. The molecule has 6 heteroatoms. The van der Waals surface area contributed by atoms with Crippen LogP contribution in [-0.2, 0) is 9.53 Å². The molecule has 1 atom stereocenters. The summed E-state index contributed by atoms with van der Waals surface area (Å²) in [6, 6.07) is 0. The minimum Gasteiger partial charge on any atom is -0.444 e. The largest absolute Gasteiger partial charge is 0.444 e. The molecule has 21 heavy (non-hydrogen) atoms. The van der Waals surface area contributed by atoms with Gasteiger partial charge in [0.25, 0.3) is 0 Å². The van der Waals surface area contributed by atoms with E-state index in [1.54, 1.807) is 9.80 Å². The van der Waals surface area contributed by atoms with Crippen molar-refractivity contribution in [2.75, 3.05) is 26.2 Å². The van der Waals surface area contributed by atoms with Crippen LogP contribution < -0.4 is 0 Å². The van der Waals surface area contributed by atoms with Gasteiger partial charge in [-0.2, -0.15) is 0 Å². The van der Waals surface area contributed by atoms with Gasteiger partial charge in [-0.1, -0.05) is 0 Å².